The topological polar surface area (TPSA) is 65.3 Å². The van der Waals surface area contributed by atoms with E-state index in [1.54, 1.807) is 42.5 Å². The van der Waals surface area contributed by atoms with Crippen molar-refractivity contribution < 1.29 is 9.84 Å². The van der Waals surface area contributed by atoms with E-state index in [0.717, 1.165) is 11.3 Å². The molecule has 0 fully saturated rings. The average molecular weight is 303 g/mol. The van der Waals surface area contributed by atoms with Crippen LogP contribution in [0.25, 0.3) is 0 Å². The first-order valence-corrected chi connectivity index (χ1v) is 6.87. The Hall–Kier alpha value is -2.22. The molecule has 2 rings (SSSR count). The van der Waals surface area contributed by atoms with Crippen LogP contribution in [0.15, 0.2) is 42.5 Å². The Morgan fingerprint density at radius 2 is 2.10 bits per heavy atom. The summed E-state index contributed by atoms with van der Waals surface area (Å²) in [6.07, 6.45) is 0. The molecule has 4 nitrogen and oxygen atoms in total. The molecule has 2 aromatic carbocycles. The minimum Gasteiger partial charge on any atom is -0.492 e. The number of anilines is 1. The van der Waals surface area contributed by atoms with Gasteiger partial charge in [0.25, 0.3) is 0 Å². The Labute approximate surface area is 128 Å². The van der Waals surface area contributed by atoms with Gasteiger partial charge in [-0.3, -0.25) is 0 Å². The van der Waals surface area contributed by atoms with Gasteiger partial charge >= 0.3 is 0 Å². The number of nitrogens with zero attached hydrogens (tertiary/aromatic N) is 1. The second kappa shape index (κ2) is 7.53. The molecule has 0 heterocycles. The van der Waals surface area contributed by atoms with Crippen LogP contribution in [0, 0.1) is 11.3 Å². The van der Waals surface area contributed by atoms with Gasteiger partial charge in [-0.2, -0.15) is 5.26 Å². The lowest BCUT2D eigenvalue weighted by Crippen LogP contribution is -2.12. The van der Waals surface area contributed by atoms with Crippen molar-refractivity contribution in [3.05, 3.63) is 58.6 Å². The van der Waals surface area contributed by atoms with Crippen LogP contribution >= 0.6 is 11.6 Å². The van der Waals surface area contributed by atoms with E-state index in [2.05, 4.69) is 11.4 Å². The molecule has 0 radical (unpaired) electrons. The summed E-state index contributed by atoms with van der Waals surface area (Å²) in [6.45, 7) is 0.975. The number of hydrogen-bond donors (Lipinski definition) is 2. The van der Waals surface area contributed by atoms with Crippen LogP contribution in [0.4, 0.5) is 5.69 Å². The van der Waals surface area contributed by atoms with E-state index in [0.29, 0.717) is 29.5 Å². The fraction of sp³-hybridized carbons (Fsp3) is 0.188. The van der Waals surface area contributed by atoms with Crippen LogP contribution in [-0.4, -0.2) is 18.3 Å². The van der Waals surface area contributed by atoms with E-state index in [-0.39, 0.29) is 6.61 Å². The third kappa shape index (κ3) is 4.38. The molecule has 21 heavy (non-hydrogen) atoms. The van der Waals surface area contributed by atoms with Crippen molar-refractivity contribution >= 4 is 17.3 Å². The average Bonchev–Trinajstić information content (AvgIpc) is 2.53. The molecular weight excluding hydrogens is 288 g/mol. The van der Waals surface area contributed by atoms with Crippen LogP contribution in [0.2, 0.25) is 5.02 Å². The quantitative estimate of drug-likeness (QED) is 0.804. The second-order valence-corrected chi connectivity index (χ2v) is 4.79. The van der Waals surface area contributed by atoms with E-state index in [4.69, 9.17) is 26.7 Å². The normalized spacial score (nSPS) is 9.95. The highest BCUT2D eigenvalue weighted by Gasteiger charge is 2.02. The Balaban J connectivity index is 1.86. The molecular formula is C16H15ClN2O2. The number of nitrogens with one attached hydrogen (secondary N) is 1. The maximum atomic E-state index is 9.10. The second-order valence-electron chi connectivity index (χ2n) is 4.39. The lowest BCUT2D eigenvalue weighted by atomic mass is 10.2. The van der Waals surface area contributed by atoms with Crippen molar-refractivity contribution in [2.45, 2.75) is 6.61 Å². The summed E-state index contributed by atoms with van der Waals surface area (Å²) < 4.78 is 5.56. The van der Waals surface area contributed by atoms with Gasteiger partial charge in [0, 0.05) is 6.54 Å². The molecule has 108 valence electrons. The maximum Gasteiger partial charge on any atom is 0.120 e. The minimum absolute atomic E-state index is 0.0245. The highest BCUT2D eigenvalue weighted by molar-refractivity contribution is 6.33. The van der Waals surface area contributed by atoms with Gasteiger partial charge in [0.2, 0.25) is 0 Å². The van der Waals surface area contributed by atoms with Crippen molar-refractivity contribution in [3.63, 3.8) is 0 Å². The fourth-order valence-corrected chi connectivity index (χ4v) is 2.00. The van der Waals surface area contributed by atoms with Gasteiger partial charge in [-0.15, -0.1) is 0 Å². The largest absolute Gasteiger partial charge is 0.492 e. The summed E-state index contributed by atoms with van der Waals surface area (Å²) in [6, 6.07) is 14.4. The molecule has 0 aliphatic rings. The SMILES string of the molecule is N#Cc1cccc(OCCNc2cc(CO)ccc2Cl)c1. The van der Waals surface area contributed by atoms with E-state index >= 15 is 0 Å². The summed E-state index contributed by atoms with van der Waals surface area (Å²) in [5.74, 6) is 0.658. The zero-order valence-corrected chi connectivity index (χ0v) is 12.1. The monoisotopic (exact) mass is 302 g/mol. The number of benzene rings is 2. The number of ether oxygens (including phenoxy) is 1. The molecule has 0 unspecified atom stereocenters. The molecule has 2 N–H and O–H groups in total. The maximum absolute atomic E-state index is 9.10. The van der Waals surface area contributed by atoms with E-state index in [1.807, 2.05) is 0 Å². The lowest BCUT2D eigenvalue weighted by molar-refractivity contribution is 0.282. The zero-order chi connectivity index (χ0) is 15.1. The van der Waals surface area contributed by atoms with Crippen molar-refractivity contribution in [2.75, 3.05) is 18.5 Å². The first-order chi connectivity index (χ1) is 10.2. The van der Waals surface area contributed by atoms with Crippen LogP contribution in [0.1, 0.15) is 11.1 Å². The molecule has 0 spiro atoms. The third-order valence-corrected chi connectivity index (χ3v) is 3.19. The van der Waals surface area contributed by atoms with Gasteiger partial charge in [0.05, 0.1) is 28.9 Å². The summed E-state index contributed by atoms with van der Waals surface area (Å²) >= 11 is 6.07. The van der Waals surface area contributed by atoms with E-state index in [1.165, 1.54) is 0 Å². The van der Waals surface area contributed by atoms with Gasteiger partial charge in [0.15, 0.2) is 0 Å². The van der Waals surface area contributed by atoms with Crippen LogP contribution in [0.3, 0.4) is 0 Å². The summed E-state index contributed by atoms with van der Waals surface area (Å²) in [4.78, 5) is 0. The van der Waals surface area contributed by atoms with E-state index < -0.39 is 0 Å². The molecule has 0 saturated carbocycles. The zero-order valence-electron chi connectivity index (χ0n) is 11.3. The number of rotatable bonds is 6. The van der Waals surface area contributed by atoms with Gasteiger partial charge in [-0.1, -0.05) is 23.7 Å². The Morgan fingerprint density at radius 3 is 2.86 bits per heavy atom. The molecule has 5 heteroatoms. The predicted octanol–water partition coefficient (Wildman–Crippen LogP) is 3.19. The number of aliphatic hydroxyl groups excluding tert-OH is 1. The molecule has 0 aliphatic carbocycles. The first-order valence-electron chi connectivity index (χ1n) is 6.49. The predicted molar refractivity (Wildman–Crippen MR) is 82.5 cm³/mol. The van der Waals surface area contributed by atoms with Crippen LogP contribution in [-0.2, 0) is 6.61 Å². The fourth-order valence-electron chi connectivity index (χ4n) is 1.82. The number of nitriles is 1. The molecule has 0 aliphatic heterocycles. The summed E-state index contributed by atoms with van der Waals surface area (Å²) in [5, 5.41) is 21.7. The number of aliphatic hydroxyl groups is 1. The van der Waals surface area contributed by atoms with Crippen molar-refractivity contribution in [3.8, 4) is 11.8 Å². The highest BCUT2D eigenvalue weighted by Crippen LogP contribution is 2.22. The van der Waals surface area contributed by atoms with Gasteiger partial charge < -0.3 is 15.2 Å². The summed E-state index contributed by atoms with van der Waals surface area (Å²) in [7, 11) is 0. The molecule has 0 bridgehead atoms. The van der Waals surface area contributed by atoms with Gasteiger partial charge in [-0.25, -0.2) is 0 Å². The van der Waals surface area contributed by atoms with Crippen molar-refractivity contribution in [1.29, 1.82) is 5.26 Å². The van der Waals surface area contributed by atoms with E-state index in [9.17, 15) is 0 Å². The molecule has 0 aromatic heterocycles. The molecule has 0 saturated heterocycles. The molecule has 0 atom stereocenters. The minimum atomic E-state index is -0.0245. The third-order valence-electron chi connectivity index (χ3n) is 2.86. The smallest absolute Gasteiger partial charge is 0.120 e. The van der Waals surface area contributed by atoms with Crippen molar-refractivity contribution in [1.82, 2.24) is 0 Å². The standard InChI is InChI=1S/C16H15ClN2O2/c17-15-5-4-13(11-20)9-16(15)19-6-7-21-14-3-1-2-12(8-14)10-18/h1-5,8-9,19-20H,6-7,11H2. The van der Waals surface area contributed by atoms with Crippen LogP contribution in [0.5, 0.6) is 5.75 Å². The highest BCUT2D eigenvalue weighted by atomic mass is 35.5. The number of hydrogen-bond acceptors (Lipinski definition) is 4. The number of halogens is 1. The Bertz CT molecular complexity index is 653. The Morgan fingerprint density at radius 1 is 1.24 bits per heavy atom. The van der Waals surface area contributed by atoms with Crippen molar-refractivity contribution in [2.24, 2.45) is 0 Å². The first kappa shape index (κ1) is 15.2. The Kier molecular flexibility index (Phi) is 5.44. The van der Waals surface area contributed by atoms with Gasteiger partial charge in [-0.05, 0) is 35.9 Å². The molecule has 2 aromatic rings. The molecule has 0 amide bonds. The van der Waals surface area contributed by atoms with Crippen LogP contribution < -0.4 is 10.1 Å². The lowest BCUT2D eigenvalue weighted by Gasteiger charge is -2.11. The summed E-state index contributed by atoms with van der Waals surface area (Å²) in [5.41, 5.74) is 2.13. The van der Waals surface area contributed by atoms with Gasteiger partial charge in [0.1, 0.15) is 12.4 Å².